The van der Waals surface area contributed by atoms with Gasteiger partial charge in [0, 0.05) is 18.9 Å². The summed E-state index contributed by atoms with van der Waals surface area (Å²) < 4.78 is 29.8. The molecule has 0 saturated carbocycles. The Hall–Kier alpha value is -2.74. The summed E-state index contributed by atoms with van der Waals surface area (Å²) >= 11 is 0. The molecular weight excluding hydrogens is 317 g/mol. The van der Waals surface area contributed by atoms with E-state index in [2.05, 4.69) is 10.2 Å². The highest BCUT2D eigenvalue weighted by Gasteiger charge is 2.30. The van der Waals surface area contributed by atoms with Crippen LogP contribution in [0.25, 0.3) is 11.0 Å². The molecule has 0 radical (unpaired) electrons. The number of morpholine rings is 1. The molecule has 1 amide bonds. The zero-order valence-corrected chi connectivity index (χ0v) is 12.9. The van der Waals surface area contributed by atoms with Gasteiger partial charge in [-0.3, -0.25) is 4.79 Å². The van der Waals surface area contributed by atoms with E-state index in [1.807, 2.05) is 0 Å². The van der Waals surface area contributed by atoms with Crippen LogP contribution >= 0.6 is 0 Å². The molecule has 0 bridgehead atoms. The average molecular weight is 331 g/mol. The number of rotatable bonds is 2. The van der Waals surface area contributed by atoms with Gasteiger partial charge in [0.25, 0.3) is 5.91 Å². The van der Waals surface area contributed by atoms with Crippen LogP contribution in [0.15, 0.2) is 33.1 Å². The van der Waals surface area contributed by atoms with Gasteiger partial charge in [-0.2, -0.15) is 0 Å². The Morgan fingerprint density at radius 2 is 2.17 bits per heavy atom. The Balaban J connectivity index is 1.56. The van der Waals surface area contributed by atoms with Crippen LogP contribution in [0.4, 0.5) is 4.39 Å². The van der Waals surface area contributed by atoms with Gasteiger partial charge < -0.3 is 18.5 Å². The molecule has 24 heavy (non-hydrogen) atoms. The van der Waals surface area contributed by atoms with Crippen molar-refractivity contribution in [2.45, 2.75) is 13.0 Å². The molecule has 8 heteroatoms. The number of amides is 1. The van der Waals surface area contributed by atoms with E-state index in [-0.39, 0.29) is 24.0 Å². The van der Waals surface area contributed by atoms with E-state index >= 15 is 0 Å². The molecule has 2 aromatic heterocycles. The van der Waals surface area contributed by atoms with Crippen molar-refractivity contribution >= 4 is 16.9 Å². The standard InChI is InChI=1S/C16H14FN3O4/c1-9-18-19-15(23-9)14-8-20(4-5-22-14)16(21)13-7-10-6-11(17)2-3-12(10)24-13/h2-3,6-7,14H,4-5,8H2,1H3. The maximum Gasteiger partial charge on any atom is 0.289 e. The minimum absolute atomic E-state index is 0.165. The van der Waals surface area contributed by atoms with E-state index in [4.69, 9.17) is 13.6 Å². The lowest BCUT2D eigenvalue weighted by molar-refractivity contribution is -0.0356. The Kier molecular flexibility index (Phi) is 3.53. The third-order valence-electron chi connectivity index (χ3n) is 3.86. The van der Waals surface area contributed by atoms with Crippen LogP contribution in [-0.4, -0.2) is 40.7 Å². The molecule has 7 nitrogen and oxygen atoms in total. The first-order valence-corrected chi connectivity index (χ1v) is 7.50. The lowest BCUT2D eigenvalue weighted by Gasteiger charge is -2.30. The van der Waals surface area contributed by atoms with Gasteiger partial charge in [-0.05, 0) is 24.3 Å². The fraction of sp³-hybridized carbons (Fsp3) is 0.312. The van der Waals surface area contributed by atoms with Crippen molar-refractivity contribution < 1.29 is 22.8 Å². The molecule has 0 N–H and O–H groups in total. The minimum Gasteiger partial charge on any atom is -0.451 e. The Morgan fingerprint density at radius 3 is 2.96 bits per heavy atom. The molecule has 0 aliphatic carbocycles. The molecule has 3 aromatic rings. The predicted molar refractivity (Wildman–Crippen MR) is 79.8 cm³/mol. The lowest BCUT2D eigenvalue weighted by atomic mass is 10.2. The van der Waals surface area contributed by atoms with E-state index in [1.54, 1.807) is 17.9 Å². The van der Waals surface area contributed by atoms with Crippen LogP contribution in [0.1, 0.15) is 28.4 Å². The van der Waals surface area contributed by atoms with Crippen molar-refractivity contribution in [1.82, 2.24) is 15.1 Å². The van der Waals surface area contributed by atoms with Crippen molar-refractivity contribution in [3.05, 3.63) is 47.6 Å². The highest BCUT2D eigenvalue weighted by atomic mass is 19.1. The predicted octanol–water partition coefficient (Wildman–Crippen LogP) is 2.48. The highest BCUT2D eigenvalue weighted by molar-refractivity contribution is 5.96. The average Bonchev–Trinajstić information content (AvgIpc) is 3.20. The first kappa shape index (κ1) is 14.8. The molecule has 1 aliphatic heterocycles. The number of carbonyl (C=O) groups excluding carboxylic acids is 1. The second-order valence-corrected chi connectivity index (χ2v) is 5.56. The number of aromatic nitrogens is 2. The Labute approximate surface area is 136 Å². The van der Waals surface area contributed by atoms with Crippen molar-refractivity contribution in [2.24, 2.45) is 0 Å². The summed E-state index contributed by atoms with van der Waals surface area (Å²) in [5, 5.41) is 8.26. The third kappa shape index (κ3) is 2.65. The fourth-order valence-corrected chi connectivity index (χ4v) is 2.70. The number of hydrogen-bond donors (Lipinski definition) is 0. The van der Waals surface area contributed by atoms with Gasteiger partial charge in [-0.15, -0.1) is 10.2 Å². The van der Waals surface area contributed by atoms with Crippen LogP contribution in [-0.2, 0) is 4.74 Å². The van der Waals surface area contributed by atoms with Gasteiger partial charge >= 0.3 is 0 Å². The number of halogens is 1. The van der Waals surface area contributed by atoms with Crippen molar-refractivity contribution in [1.29, 1.82) is 0 Å². The van der Waals surface area contributed by atoms with Crippen LogP contribution in [0.3, 0.4) is 0 Å². The van der Waals surface area contributed by atoms with Gasteiger partial charge in [-0.25, -0.2) is 4.39 Å². The second-order valence-electron chi connectivity index (χ2n) is 5.56. The van der Waals surface area contributed by atoms with Crippen LogP contribution < -0.4 is 0 Å². The molecular formula is C16H14FN3O4. The number of aryl methyl sites for hydroxylation is 1. The van der Waals surface area contributed by atoms with Gasteiger partial charge in [0.15, 0.2) is 11.9 Å². The normalized spacial score (nSPS) is 18.2. The van der Waals surface area contributed by atoms with Crippen LogP contribution in [0, 0.1) is 12.7 Å². The molecule has 1 aliphatic rings. The zero-order valence-electron chi connectivity index (χ0n) is 12.9. The van der Waals surface area contributed by atoms with E-state index in [0.717, 1.165) is 0 Å². The van der Waals surface area contributed by atoms with Crippen molar-refractivity contribution in [3.8, 4) is 0 Å². The molecule has 124 valence electrons. The SMILES string of the molecule is Cc1nnc(C2CN(C(=O)c3cc4cc(F)ccc4o3)CCO2)o1. The van der Waals surface area contributed by atoms with E-state index in [9.17, 15) is 9.18 Å². The maximum atomic E-state index is 13.3. The summed E-state index contributed by atoms with van der Waals surface area (Å²) in [6.45, 7) is 2.75. The van der Waals surface area contributed by atoms with Gasteiger partial charge in [0.2, 0.25) is 11.8 Å². The molecule has 1 atom stereocenters. The van der Waals surface area contributed by atoms with Gasteiger partial charge in [0.1, 0.15) is 11.4 Å². The summed E-state index contributed by atoms with van der Waals surface area (Å²) in [7, 11) is 0. The third-order valence-corrected chi connectivity index (χ3v) is 3.86. The number of carbonyl (C=O) groups is 1. The smallest absolute Gasteiger partial charge is 0.289 e. The number of fused-ring (bicyclic) bond motifs is 1. The van der Waals surface area contributed by atoms with E-state index in [1.165, 1.54) is 18.2 Å². The summed E-state index contributed by atoms with van der Waals surface area (Å²) in [4.78, 5) is 14.3. The minimum atomic E-state index is -0.467. The quantitative estimate of drug-likeness (QED) is 0.717. The van der Waals surface area contributed by atoms with Crippen molar-refractivity contribution in [2.75, 3.05) is 19.7 Å². The Morgan fingerprint density at radius 1 is 1.29 bits per heavy atom. The second kappa shape index (κ2) is 5.72. The lowest BCUT2D eigenvalue weighted by Crippen LogP contribution is -2.42. The monoisotopic (exact) mass is 331 g/mol. The van der Waals surface area contributed by atoms with Gasteiger partial charge in [0.05, 0.1) is 13.2 Å². The maximum absolute atomic E-state index is 13.3. The molecule has 1 unspecified atom stereocenters. The van der Waals surface area contributed by atoms with Crippen LogP contribution in [0.5, 0.6) is 0 Å². The number of benzene rings is 1. The number of nitrogens with zero attached hydrogens (tertiary/aromatic N) is 3. The van der Waals surface area contributed by atoms with E-state index in [0.29, 0.717) is 35.9 Å². The first-order valence-electron chi connectivity index (χ1n) is 7.50. The first-order chi connectivity index (χ1) is 11.6. The highest BCUT2D eigenvalue weighted by Crippen LogP contribution is 2.25. The topological polar surface area (TPSA) is 81.6 Å². The zero-order chi connectivity index (χ0) is 16.7. The molecule has 0 spiro atoms. The number of furan rings is 1. The fourth-order valence-electron chi connectivity index (χ4n) is 2.70. The summed E-state index contributed by atoms with van der Waals surface area (Å²) in [5.74, 6) is 0.294. The molecule has 3 heterocycles. The molecule has 4 rings (SSSR count). The van der Waals surface area contributed by atoms with E-state index < -0.39 is 6.10 Å². The number of hydrogen-bond acceptors (Lipinski definition) is 6. The molecule has 1 aromatic carbocycles. The van der Waals surface area contributed by atoms with Gasteiger partial charge in [-0.1, -0.05) is 0 Å². The summed E-state index contributed by atoms with van der Waals surface area (Å²) in [5.41, 5.74) is 0.470. The number of ether oxygens (including phenoxy) is 1. The summed E-state index contributed by atoms with van der Waals surface area (Å²) in [6, 6.07) is 5.68. The summed E-state index contributed by atoms with van der Waals surface area (Å²) in [6.07, 6.45) is -0.467. The largest absolute Gasteiger partial charge is 0.451 e. The Bertz CT molecular complexity index is 904. The molecule has 1 fully saturated rings. The molecule has 1 saturated heterocycles. The van der Waals surface area contributed by atoms with Crippen LogP contribution in [0.2, 0.25) is 0 Å². The van der Waals surface area contributed by atoms with Crippen molar-refractivity contribution in [3.63, 3.8) is 0 Å².